The molecular formula is C19H28BrNO4S. The second-order valence-electron chi connectivity index (χ2n) is 7.22. The van der Waals surface area contributed by atoms with Crippen LogP contribution >= 0.6 is 17.0 Å². The first kappa shape index (κ1) is 21.5. The van der Waals surface area contributed by atoms with Gasteiger partial charge >= 0.3 is 5.97 Å². The zero-order valence-corrected chi connectivity index (χ0v) is 17.7. The highest BCUT2D eigenvalue weighted by Crippen LogP contribution is 2.34. The number of benzene rings is 1. The fourth-order valence-electron chi connectivity index (χ4n) is 3.97. The summed E-state index contributed by atoms with van der Waals surface area (Å²) < 4.78 is 17.6. The molecule has 1 aromatic rings. The van der Waals surface area contributed by atoms with E-state index in [1.165, 1.54) is 0 Å². The van der Waals surface area contributed by atoms with Crippen LogP contribution in [0.3, 0.4) is 0 Å². The van der Waals surface area contributed by atoms with Gasteiger partial charge in [0.1, 0.15) is 11.5 Å². The Hall–Kier alpha value is -0.760. The van der Waals surface area contributed by atoms with Crippen LogP contribution in [0.5, 0.6) is 0 Å². The second-order valence-corrected chi connectivity index (χ2v) is 8.77. The number of nitrogens with zero attached hydrogens (tertiary/aromatic N) is 1. The molecular weight excluding hydrogens is 418 g/mol. The number of hydrogen-bond acceptors (Lipinski definition) is 5. The first-order valence-corrected chi connectivity index (χ1v) is 10.7. The molecule has 1 N–H and O–H groups in total. The SMILES string of the molecule is Br.CS(=O)CC[C@](CO)(C(=O)O[C@H]1CN2CCC1CC2)c1ccccc1. The lowest BCUT2D eigenvalue weighted by atomic mass is 9.78. The molecule has 0 spiro atoms. The van der Waals surface area contributed by atoms with Crippen LogP contribution < -0.4 is 0 Å². The van der Waals surface area contributed by atoms with Gasteiger partial charge in [-0.2, -0.15) is 0 Å². The molecule has 0 amide bonds. The van der Waals surface area contributed by atoms with E-state index in [9.17, 15) is 14.1 Å². The van der Waals surface area contributed by atoms with E-state index < -0.39 is 16.2 Å². The molecule has 0 radical (unpaired) electrons. The van der Waals surface area contributed by atoms with E-state index in [4.69, 9.17) is 4.74 Å². The normalized spacial score (nSPS) is 27.8. The number of rotatable bonds is 7. The Bertz CT molecular complexity index is 621. The monoisotopic (exact) mass is 445 g/mol. The van der Waals surface area contributed by atoms with Gasteiger partial charge in [0.05, 0.1) is 6.61 Å². The quantitative estimate of drug-likeness (QED) is 0.649. The van der Waals surface area contributed by atoms with Crippen LogP contribution in [-0.2, 0) is 25.7 Å². The molecule has 1 aromatic carbocycles. The van der Waals surface area contributed by atoms with Gasteiger partial charge < -0.3 is 9.84 Å². The van der Waals surface area contributed by atoms with Crippen molar-refractivity contribution in [1.82, 2.24) is 4.90 Å². The summed E-state index contributed by atoms with van der Waals surface area (Å²) in [7, 11) is -1.04. The van der Waals surface area contributed by atoms with Gasteiger partial charge in [-0.05, 0) is 43.8 Å². The van der Waals surface area contributed by atoms with E-state index in [2.05, 4.69) is 4.90 Å². The van der Waals surface area contributed by atoms with Gasteiger partial charge in [0, 0.05) is 29.4 Å². The number of carbonyl (C=O) groups excluding carboxylic acids is 1. The van der Waals surface area contributed by atoms with Crippen molar-refractivity contribution in [2.45, 2.75) is 30.8 Å². The average Bonchev–Trinajstić information content (AvgIpc) is 2.64. The van der Waals surface area contributed by atoms with Crippen molar-refractivity contribution in [2.75, 3.05) is 38.2 Å². The van der Waals surface area contributed by atoms with Gasteiger partial charge in [-0.15, -0.1) is 17.0 Å². The lowest BCUT2D eigenvalue weighted by Crippen LogP contribution is -2.54. The van der Waals surface area contributed by atoms with Crippen molar-refractivity contribution in [3.8, 4) is 0 Å². The van der Waals surface area contributed by atoms with E-state index in [0.29, 0.717) is 18.1 Å². The molecule has 1 unspecified atom stereocenters. The summed E-state index contributed by atoms with van der Waals surface area (Å²) in [5.41, 5.74) is -0.409. The smallest absolute Gasteiger partial charge is 0.319 e. The number of halogens is 1. The lowest BCUT2D eigenvalue weighted by Gasteiger charge is -2.45. The summed E-state index contributed by atoms with van der Waals surface area (Å²) in [5.74, 6) is 0.386. The molecule has 4 rings (SSSR count). The van der Waals surface area contributed by atoms with E-state index in [-0.39, 0.29) is 35.7 Å². The van der Waals surface area contributed by atoms with Gasteiger partial charge in [0.25, 0.3) is 0 Å². The number of esters is 1. The average molecular weight is 446 g/mol. The van der Waals surface area contributed by atoms with Crippen molar-refractivity contribution in [1.29, 1.82) is 0 Å². The number of fused-ring (bicyclic) bond motifs is 3. The molecule has 3 fully saturated rings. The Morgan fingerprint density at radius 3 is 2.46 bits per heavy atom. The molecule has 26 heavy (non-hydrogen) atoms. The molecule has 3 aliphatic rings. The van der Waals surface area contributed by atoms with Crippen LogP contribution in [0.1, 0.15) is 24.8 Å². The summed E-state index contributed by atoms with van der Waals surface area (Å²) in [5, 5.41) is 10.2. The number of aliphatic hydroxyl groups excluding tert-OH is 1. The summed E-state index contributed by atoms with van der Waals surface area (Å²) in [6.45, 7) is 2.61. The molecule has 5 nitrogen and oxygen atoms in total. The van der Waals surface area contributed by atoms with Crippen molar-refractivity contribution in [3.05, 3.63) is 35.9 Å². The van der Waals surface area contributed by atoms with E-state index in [1.807, 2.05) is 30.3 Å². The fourth-order valence-corrected chi connectivity index (χ4v) is 4.60. The van der Waals surface area contributed by atoms with E-state index in [0.717, 1.165) is 38.0 Å². The maximum Gasteiger partial charge on any atom is 0.319 e. The largest absolute Gasteiger partial charge is 0.460 e. The Morgan fingerprint density at radius 1 is 1.31 bits per heavy atom. The van der Waals surface area contributed by atoms with Crippen molar-refractivity contribution in [2.24, 2.45) is 5.92 Å². The maximum atomic E-state index is 13.2. The van der Waals surface area contributed by atoms with Crippen LogP contribution in [0.15, 0.2) is 30.3 Å². The highest BCUT2D eigenvalue weighted by atomic mass is 79.9. The third-order valence-electron chi connectivity index (χ3n) is 5.66. The zero-order valence-electron chi connectivity index (χ0n) is 15.1. The molecule has 0 aromatic heterocycles. The second kappa shape index (κ2) is 9.44. The molecule has 3 aliphatic heterocycles. The molecule has 3 saturated heterocycles. The minimum atomic E-state index is -1.14. The van der Waals surface area contributed by atoms with Crippen LogP contribution in [0.25, 0.3) is 0 Å². The zero-order chi connectivity index (χ0) is 17.9. The van der Waals surface area contributed by atoms with Crippen molar-refractivity contribution in [3.63, 3.8) is 0 Å². The number of piperidine rings is 3. The Morgan fingerprint density at radius 2 is 1.96 bits per heavy atom. The maximum absolute atomic E-state index is 13.2. The summed E-state index contributed by atoms with van der Waals surface area (Å²) in [4.78, 5) is 15.5. The number of aliphatic hydroxyl groups is 1. The Kier molecular flexibility index (Phi) is 7.82. The molecule has 0 saturated carbocycles. The number of carbonyl (C=O) groups is 1. The number of ether oxygens (including phenoxy) is 1. The van der Waals surface area contributed by atoms with Crippen LogP contribution in [0.2, 0.25) is 0 Å². The van der Waals surface area contributed by atoms with Gasteiger partial charge in [0.15, 0.2) is 0 Å². The molecule has 7 heteroatoms. The van der Waals surface area contributed by atoms with Gasteiger partial charge in [0.2, 0.25) is 0 Å². The first-order valence-electron chi connectivity index (χ1n) is 8.95. The third-order valence-corrected chi connectivity index (χ3v) is 6.44. The minimum Gasteiger partial charge on any atom is -0.460 e. The van der Waals surface area contributed by atoms with E-state index >= 15 is 0 Å². The minimum absolute atomic E-state index is 0. The van der Waals surface area contributed by atoms with E-state index in [1.54, 1.807) is 6.26 Å². The van der Waals surface area contributed by atoms with Crippen molar-refractivity contribution >= 4 is 33.8 Å². The number of hydrogen-bond donors (Lipinski definition) is 1. The Labute approximate surface area is 168 Å². The molecule has 2 bridgehead atoms. The highest BCUT2D eigenvalue weighted by Gasteiger charge is 2.45. The predicted molar refractivity (Wildman–Crippen MR) is 108 cm³/mol. The Balaban J connectivity index is 0.00000243. The molecule has 3 atom stereocenters. The summed E-state index contributed by atoms with van der Waals surface area (Å²) >= 11 is 0. The fraction of sp³-hybridized carbons (Fsp3) is 0.632. The predicted octanol–water partition coefficient (Wildman–Crippen LogP) is 1.90. The van der Waals surface area contributed by atoms with Gasteiger partial charge in [-0.1, -0.05) is 30.3 Å². The molecule has 3 heterocycles. The van der Waals surface area contributed by atoms with Crippen molar-refractivity contribution < 1.29 is 18.8 Å². The molecule has 0 aliphatic carbocycles. The highest BCUT2D eigenvalue weighted by molar-refractivity contribution is 8.93. The van der Waals surface area contributed by atoms with Crippen LogP contribution in [0.4, 0.5) is 0 Å². The lowest BCUT2D eigenvalue weighted by molar-refractivity contribution is -0.167. The van der Waals surface area contributed by atoms with Gasteiger partial charge in [-0.3, -0.25) is 13.9 Å². The third kappa shape index (κ3) is 4.55. The summed E-state index contributed by atoms with van der Waals surface area (Å²) in [6, 6.07) is 9.26. The van der Waals surface area contributed by atoms with Crippen LogP contribution in [-0.4, -0.2) is 64.5 Å². The first-order chi connectivity index (χ1) is 12.0. The topological polar surface area (TPSA) is 66.8 Å². The summed E-state index contributed by atoms with van der Waals surface area (Å²) in [6.07, 6.45) is 3.96. The standard InChI is InChI=1S/C19H27NO4S.BrH/c1-25(23)12-9-19(14-21,16-5-3-2-4-6-16)18(22)24-17-13-20-10-7-15(17)8-11-20;/h2-6,15,17,21H,7-14H2,1H3;1H/t17-,19+,25?;/m0./s1. The van der Waals surface area contributed by atoms with Gasteiger partial charge in [-0.25, -0.2) is 0 Å². The van der Waals surface area contributed by atoms with Crippen LogP contribution in [0, 0.1) is 5.92 Å². The molecule has 146 valence electrons.